The highest BCUT2D eigenvalue weighted by Crippen LogP contribution is 2.34. The normalized spacial score (nSPS) is 15.3. The molecule has 3 aromatic carbocycles. The molecule has 0 saturated carbocycles. The van der Waals surface area contributed by atoms with Crippen molar-refractivity contribution in [2.75, 3.05) is 18.4 Å². The maximum atomic E-state index is 12.9. The van der Waals surface area contributed by atoms with Gasteiger partial charge < -0.3 is 10.1 Å². The molecule has 4 rings (SSSR count). The molecule has 0 bridgehead atoms. The van der Waals surface area contributed by atoms with Crippen LogP contribution in [0.15, 0.2) is 83.8 Å². The summed E-state index contributed by atoms with van der Waals surface area (Å²) in [5, 5.41) is 3.40. The van der Waals surface area contributed by atoms with E-state index in [1.807, 2.05) is 24.3 Å². The maximum absolute atomic E-state index is 12.9. The Labute approximate surface area is 192 Å². The van der Waals surface area contributed by atoms with Crippen LogP contribution in [0.25, 0.3) is 0 Å². The van der Waals surface area contributed by atoms with Crippen molar-refractivity contribution in [2.24, 2.45) is 5.92 Å². The molecule has 1 amide bonds. The fourth-order valence-corrected chi connectivity index (χ4v) is 5.30. The molecular formula is C24H23ClN2O4S. The molecule has 0 spiro atoms. The molecule has 1 N–H and O–H groups in total. The van der Waals surface area contributed by atoms with Crippen molar-refractivity contribution in [1.82, 2.24) is 4.31 Å². The van der Waals surface area contributed by atoms with E-state index >= 15 is 0 Å². The van der Waals surface area contributed by atoms with Crippen molar-refractivity contribution in [2.45, 2.75) is 17.7 Å². The van der Waals surface area contributed by atoms with Gasteiger partial charge in [-0.1, -0.05) is 54.1 Å². The quantitative estimate of drug-likeness (QED) is 0.539. The van der Waals surface area contributed by atoms with E-state index < -0.39 is 10.0 Å². The third-order valence-electron chi connectivity index (χ3n) is 5.41. The van der Waals surface area contributed by atoms with Gasteiger partial charge in [0.1, 0.15) is 5.75 Å². The zero-order valence-electron chi connectivity index (χ0n) is 17.3. The van der Waals surface area contributed by atoms with E-state index in [9.17, 15) is 13.2 Å². The number of nitrogens with one attached hydrogen (secondary N) is 1. The van der Waals surface area contributed by atoms with Crippen LogP contribution in [0.5, 0.6) is 11.5 Å². The third-order valence-corrected chi connectivity index (χ3v) is 7.63. The van der Waals surface area contributed by atoms with Gasteiger partial charge in [0.2, 0.25) is 15.9 Å². The van der Waals surface area contributed by atoms with Crippen molar-refractivity contribution >= 4 is 33.2 Å². The maximum Gasteiger partial charge on any atom is 0.243 e. The number of anilines is 1. The number of hydrogen-bond acceptors (Lipinski definition) is 4. The highest BCUT2D eigenvalue weighted by molar-refractivity contribution is 7.89. The number of benzene rings is 3. The van der Waals surface area contributed by atoms with Crippen LogP contribution in [0.3, 0.4) is 0 Å². The Balaban J connectivity index is 1.40. The summed E-state index contributed by atoms with van der Waals surface area (Å²) in [6.45, 7) is 0.597. The van der Waals surface area contributed by atoms with Crippen LogP contribution < -0.4 is 10.1 Å². The third kappa shape index (κ3) is 4.96. The summed E-state index contributed by atoms with van der Waals surface area (Å²) in [6.07, 6.45) is 0.900. The largest absolute Gasteiger partial charge is 0.454 e. The molecule has 0 unspecified atom stereocenters. The molecule has 6 nitrogen and oxygen atoms in total. The van der Waals surface area contributed by atoms with E-state index in [-0.39, 0.29) is 16.7 Å². The van der Waals surface area contributed by atoms with Crippen molar-refractivity contribution in [3.63, 3.8) is 0 Å². The van der Waals surface area contributed by atoms with Crippen LogP contribution in [0.4, 0.5) is 5.69 Å². The number of carbonyl (C=O) groups excluding carboxylic acids is 1. The fraction of sp³-hybridized carbons (Fsp3) is 0.208. The first kappa shape index (κ1) is 22.3. The van der Waals surface area contributed by atoms with Gasteiger partial charge in [0.25, 0.3) is 0 Å². The van der Waals surface area contributed by atoms with Crippen molar-refractivity contribution < 1.29 is 17.9 Å². The predicted octanol–water partition coefficient (Wildman–Crippen LogP) is 5.17. The van der Waals surface area contributed by atoms with E-state index in [2.05, 4.69) is 5.32 Å². The summed E-state index contributed by atoms with van der Waals surface area (Å²) in [4.78, 5) is 13.2. The zero-order valence-corrected chi connectivity index (χ0v) is 18.9. The van der Waals surface area contributed by atoms with E-state index in [4.69, 9.17) is 16.3 Å². The molecule has 32 heavy (non-hydrogen) atoms. The number of hydrogen-bond donors (Lipinski definition) is 1. The summed E-state index contributed by atoms with van der Waals surface area (Å²) in [6, 6.07) is 22.6. The topological polar surface area (TPSA) is 75.7 Å². The smallest absolute Gasteiger partial charge is 0.243 e. The van der Waals surface area contributed by atoms with Crippen LogP contribution in [0.1, 0.15) is 12.8 Å². The molecule has 166 valence electrons. The van der Waals surface area contributed by atoms with Crippen molar-refractivity contribution in [3.05, 3.63) is 83.9 Å². The van der Waals surface area contributed by atoms with Crippen LogP contribution in [-0.4, -0.2) is 31.7 Å². The molecule has 0 atom stereocenters. The number of piperidine rings is 1. The number of halogens is 1. The van der Waals surface area contributed by atoms with Gasteiger partial charge in [-0.15, -0.1) is 0 Å². The minimum Gasteiger partial charge on any atom is -0.454 e. The summed E-state index contributed by atoms with van der Waals surface area (Å²) >= 11 is 6.18. The number of ether oxygens (including phenoxy) is 1. The average molecular weight is 471 g/mol. The SMILES string of the molecule is O=C(Nc1ccccc1Oc1ccccc1Cl)C1CCN(S(=O)(=O)c2ccccc2)CC1. The molecular weight excluding hydrogens is 448 g/mol. The Morgan fingerprint density at radius 2 is 1.47 bits per heavy atom. The number of rotatable bonds is 6. The summed E-state index contributed by atoms with van der Waals surface area (Å²) < 4.78 is 32.9. The Hall–Kier alpha value is -2.87. The highest BCUT2D eigenvalue weighted by atomic mass is 35.5. The number of amides is 1. The Bertz CT molecular complexity index is 1190. The first-order valence-corrected chi connectivity index (χ1v) is 12.1. The molecule has 0 aliphatic carbocycles. The lowest BCUT2D eigenvalue weighted by molar-refractivity contribution is -0.120. The number of nitrogens with zero attached hydrogens (tertiary/aromatic N) is 1. The second-order valence-corrected chi connectivity index (χ2v) is 9.85. The summed E-state index contributed by atoms with van der Waals surface area (Å²) in [5.74, 6) is 0.538. The van der Waals surface area contributed by atoms with Crippen LogP contribution >= 0.6 is 11.6 Å². The zero-order chi connectivity index (χ0) is 22.6. The predicted molar refractivity (Wildman–Crippen MR) is 125 cm³/mol. The molecule has 1 saturated heterocycles. The molecule has 1 aliphatic heterocycles. The lowest BCUT2D eigenvalue weighted by Crippen LogP contribution is -2.41. The first-order valence-electron chi connectivity index (χ1n) is 10.3. The monoisotopic (exact) mass is 470 g/mol. The fourth-order valence-electron chi connectivity index (χ4n) is 3.64. The number of para-hydroxylation sites is 3. The summed E-state index contributed by atoms with van der Waals surface area (Å²) in [5.41, 5.74) is 0.539. The van der Waals surface area contributed by atoms with Crippen LogP contribution in [0, 0.1) is 5.92 Å². The van der Waals surface area contributed by atoms with Crippen LogP contribution in [0.2, 0.25) is 5.02 Å². The number of sulfonamides is 1. The van der Waals surface area contributed by atoms with E-state index in [1.54, 1.807) is 54.6 Å². The van der Waals surface area contributed by atoms with E-state index in [0.29, 0.717) is 48.1 Å². The highest BCUT2D eigenvalue weighted by Gasteiger charge is 2.32. The molecule has 1 aliphatic rings. The van der Waals surface area contributed by atoms with Gasteiger partial charge in [0.15, 0.2) is 5.75 Å². The van der Waals surface area contributed by atoms with Crippen LogP contribution in [-0.2, 0) is 14.8 Å². The lowest BCUT2D eigenvalue weighted by Gasteiger charge is -2.30. The molecule has 1 fully saturated rings. The number of carbonyl (C=O) groups is 1. The molecule has 3 aromatic rings. The first-order chi connectivity index (χ1) is 15.4. The second kappa shape index (κ2) is 9.73. The Kier molecular flexibility index (Phi) is 6.79. The molecule has 8 heteroatoms. The van der Waals surface area contributed by atoms with Crippen molar-refractivity contribution in [1.29, 1.82) is 0 Å². The van der Waals surface area contributed by atoms with Crippen molar-refractivity contribution in [3.8, 4) is 11.5 Å². The molecule has 0 aromatic heterocycles. The second-order valence-electron chi connectivity index (χ2n) is 7.51. The average Bonchev–Trinajstić information content (AvgIpc) is 2.82. The van der Waals surface area contributed by atoms with Gasteiger partial charge in [-0.05, 0) is 49.2 Å². The standard InChI is InChI=1S/C24H23ClN2O4S/c25-20-10-4-6-12-22(20)31-23-13-7-5-11-21(23)26-24(28)18-14-16-27(17-15-18)32(29,30)19-8-2-1-3-9-19/h1-13,18H,14-17H2,(H,26,28). The van der Waals surface area contributed by atoms with Gasteiger partial charge >= 0.3 is 0 Å². The van der Waals surface area contributed by atoms with Gasteiger partial charge in [-0.2, -0.15) is 4.31 Å². The molecule has 1 heterocycles. The van der Waals surface area contributed by atoms with Gasteiger partial charge in [0.05, 0.1) is 15.6 Å². The minimum atomic E-state index is -3.55. The van der Waals surface area contributed by atoms with E-state index in [1.165, 1.54) is 4.31 Å². The Morgan fingerprint density at radius 3 is 2.16 bits per heavy atom. The van der Waals surface area contributed by atoms with Gasteiger partial charge in [0, 0.05) is 19.0 Å². The summed E-state index contributed by atoms with van der Waals surface area (Å²) in [7, 11) is -3.55. The van der Waals surface area contributed by atoms with Gasteiger partial charge in [-0.25, -0.2) is 8.42 Å². The Morgan fingerprint density at radius 1 is 0.875 bits per heavy atom. The lowest BCUT2D eigenvalue weighted by atomic mass is 9.97. The molecule has 0 radical (unpaired) electrons. The van der Waals surface area contributed by atoms with E-state index in [0.717, 1.165) is 0 Å². The van der Waals surface area contributed by atoms with Gasteiger partial charge in [-0.3, -0.25) is 4.79 Å². The minimum absolute atomic E-state index is 0.156.